The average Bonchev–Trinajstić information content (AvgIpc) is 2.71. The number of halogens is 1. The molecule has 6 nitrogen and oxygen atoms in total. The maximum Gasteiger partial charge on any atom is 0.246 e. The largest absolute Gasteiger partial charge is 0.378 e. The normalized spacial score (nSPS) is 15.0. The van der Waals surface area contributed by atoms with Crippen LogP contribution in [0.4, 0.5) is 15.8 Å². The third-order valence-electron chi connectivity index (χ3n) is 4.58. The molecule has 148 valence electrons. The van der Waals surface area contributed by atoms with Crippen molar-refractivity contribution in [1.82, 2.24) is 5.32 Å². The lowest BCUT2D eigenvalue weighted by molar-refractivity contribution is -0.125. The molecule has 1 atom stereocenters. The summed E-state index contributed by atoms with van der Waals surface area (Å²) in [5.41, 5.74) is 2.05. The van der Waals surface area contributed by atoms with Crippen LogP contribution in [0.15, 0.2) is 48.5 Å². The van der Waals surface area contributed by atoms with Gasteiger partial charge in [-0.1, -0.05) is 24.3 Å². The molecule has 0 aromatic heterocycles. The minimum Gasteiger partial charge on any atom is -0.378 e. The number of rotatable bonds is 6. The molecule has 0 spiro atoms. The highest BCUT2D eigenvalue weighted by Crippen LogP contribution is 2.17. The molecule has 2 aromatic carbocycles. The van der Waals surface area contributed by atoms with Crippen molar-refractivity contribution in [1.29, 1.82) is 0 Å². The molecular weight excluding hydrogens is 361 g/mol. The predicted molar refractivity (Wildman–Crippen MR) is 106 cm³/mol. The Hall–Kier alpha value is -2.93. The van der Waals surface area contributed by atoms with E-state index in [1.807, 2.05) is 24.3 Å². The first kappa shape index (κ1) is 19.8. The van der Waals surface area contributed by atoms with E-state index in [4.69, 9.17) is 4.74 Å². The first-order chi connectivity index (χ1) is 13.5. The van der Waals surface area contributed by atoms with Gasteiger partial charge in [-0.3, -0.25) is 9.59 Å². The Morgan fingerprint density at radius 3 is 2.46 bits per heavy atom. The number of hydrogen-bond acceptors (Lipinski definition) is 4. The van der Waals surface area contributed by atoms with E-state index >= 15 is 0 Å². The molecule has 0 aliphatic carbocycles. The van der Waals surface area contributed by atoms with Crippen molar-refractivity contribution in [2.24, 2.45) is 0 Å². The summed E-state index contributed by atoms with van der Waals surface area (Å²) >= 11 is 0. The van der Waals surface area contributed by atoms with E-state index in [-0.39, 0.29) is 18.0 Å². The van der Waals surface area contributed by atoms with Crippen molar-refractivity contribution < 1.29 is 18.7 Å². The Morgan fingerprint density at radius 2 is 1.79 bits per heavy atom. The lowest BCUT2D eigenvalue weighted by atomic mass is 10.1. The Morgan fingerprint density at radius 1 is 1.11 bits per heavy atom. The molecule has 0 saturated carbocycles. The van der Waals surface area contributed by atoms with Crippen LogP contribution in [0.3, 0.4) is 0 Å². The topological polar surface area (TPSA) is 70.7 Å². The summed E-state index contributed by atoms with van der Waals surface area (Å²) in [6.07, 6.45) is 0.167. The molecular formula is C21H24FN3O3. The smallest absolute Gasteiger partial charge is 0.246 e. The predicted octanol–water partition coefficient (Wildman–Crippen LogP) is 2.35. The fraction of sp³-hybridized carbons (Fsp3) is 0.333. The highest BCUT2D eigenvalue weighted by molar-refractivity contribution is 5.97. The van der Waals surface area contributed by atoms with Gasteiger partial charge in [0.15, 0.2) is 0 Å². The molecule has 2 amide bonds. The van der Waals surface area contributed by atoms with Gasteiger partial charge < -0.3 is 20.3 Å². The summed E-state index contributed by atoms with van der Waals surface area (Å²) in [7, 11) is 0. The number of ether oxygens (including phenoxy) is 1. The van der Waals surface area contributed by atoms with Gasteiger partial charge in [-0.05, 0) is 36.8 Å². The van der Waals surface area contributed by atoms with E-state index in [0.717, 1.165) is 37.6 Å². The SMILES string of the molecule is CC(NC(=O)Cc1ccc(N2CCOCC2)cc1)C(=O)Nc1ccccc1F. The second kappa shape index (κ2) is 9.32. The highest BCUT2D eigenvalue weighted by atomic mass is 19.1. The molecule has 3 rings (SSSR count). The van der Waals surface area contributed by atoms with Gasteiger partial charge in [0.05, 0.1) is 25.3 Å². The Kier molecular flexibility index (Phi) is 6.60. The van der Waals surface area contributed by atoms with Gasteiger partial charge in [-0.2, -0.15) is 0 Å². The number of carbonyl (C=O) groups is 2. The molecule has 0 radical (unpaired) electrons. The number of morpholine rings is 1. The summed E-state index contributed by atoms with van der Waals surface area (Å²) in [6, 6.07) is 12.9. The summed E-state index contributed by atoms with van der Waals surface area (Å²) in [5.74, 6) is -1.26. The zero-order valence-corrected chi connectivity index (χ0v) is 15.8. The number of nitrogens with zero attached hydrogens (tertiary/aromatic N) is 1. The number of carbonyl (C=O) groups excluding carboxylic acids is 2. The molecule has 1 aliphatic rings. The van der Waals surface area contributed by atoms with E-state index in [1.165, 1.54) is 12.1 Å². The van der Waals surface area contributed by atoms with Crippen LogP contribution < -0.4 is 15.5 Å². The van der Waals surface area contributed by atoms with Crippen molar-refractivity contribution in [2.75, 3.05) is 36.5 Å². The number of nitrogens with one attached hydrogen (secondary N) is 2. The van der Waals surface area contributed by atoms with E-state index in [2.05, 4.69) is 15.5 Å². The third-order valence-corrected chi connectivity index (χ3v) is 4.58. The monoisotopic (exact) mass is 385 g/mol. The molecule has 1 fully saturated rings. The average molecular weight is 385 g/mol. The number of amides is 2. The molecule has 1 aliphatic heterocycles. The van der Waals surface area contributed by atoms with Gasteiger partial charge in [-0.25, -0.2) is 4.39 Å². The Balaban J connectivity index is 1.50. The van der Waals surface area contributed by atoms with Gasteiger partial charge in [0.1, 0.15) is 11.9 Å². The quantitative estimate of drug-likeness (QED) is 0.801. The molecule has 1 saturated heterocycles. The van der Waals surface area contributed by atoms with Gasteiger partial charge in [0, 0.05) is 18.8 Å². The summed E-state index contributed by atoms with van der Waals surface area (Å²) in [5, 5.41) is 5.12. The lowest BCUT2D eigenvalue weighted by Crippen LogP contribution is -2.42. The molecule has 0 bridgehead atoms. The van der Waals surface area contributed by atoms with Crippen molar-refractivity contribution >= 4 is 23.2 Å². The second-order valence-electron chi connectivity index (χ2n) is 6.70. The van der Waals surface area contributed by atoms with Crippen molar-refractivity contribution in [2.45, 2.75) is 19.4 Å². The maximum absolute atomic E-state index is 13.6. The number of para-hydroxylation sites is 1. The van der Waals surface area contributed by atoms with Gasteiger partial charge in [0.25, 0.3) is 0 Å². The van der Waals surface area contributed by atoms with Crippen LogP contribution in [0.5, 0.6) is 0 Å². The number of hydrogen-bond donors (Lipinski definition) is 2. The van der Waals surface area contributed by atoms with Crippen LogP contribution in [0, 0.1) is 5.82 Å². The van der Waals surface area contributed by atoms with Crippen LogP contribution in [-0.2, 0) is 20.7 Å². The summed E-state index contributed by atoms with van der Waals surface area (Å²) in [6.45, 7) is 4.71. The van der Waals surface area contributed by atoms with E-state index in [1.54, 1.807) is 19.1 Å². The van der Waals surface area contributed by atoms with Gasteiger partial charge in [-0.15, -0.1) is 0 Å². The van der Waals surface area contributed by atoms with Crippen LogP contribution >= 0.6 is 0 Å². The summed E-state index contributed by atoms with van der Waals surface area (Å²) < 4.78 is 19.0. The van der Waals surface area contributed by atoms with Gasteiger partial charge >= 0.3 is 0 Å². The minimum absolute atomic E-state index is 0.0901. The van der Waals surface area contributed by atoms with Crippen LogP contribution in [0.1, 0.15) is 12.5 Å². The number of anilines is 2. The minimum atomic E-state index is -0.778. The molecule has 1 unspecified atom stereocenters. The third kappa shape index (κ3) is 5.29. The molecule has 28 heavy (non-hydrogen) atoms. The second-order valence-corrected chi connectivity index (χ2v) is 6.70. The summed E-state index contributed by atoms with van der Waals surface area (Å²) in [4.78, 5) is 26.6. The maximum atomic E-state index is 13.6. The van der Waals surface area contributed by atoms with Crippen LogP contribution in [0.25, 0.3) is 0 Å². The van der Waals surface area contributed by atoms with Crippen molar-refractivity contribution in [3.05, 3.63) is 59.9 Å². The van der Waals surface area contributed by atoms with Gasteiger partial charge in [0.2, 0.25) is 11.8 Å². The molecule has 2 aromatic rings. The highest BCUT2D eigenvalue weighted by Gasteiger charge is 2.17. The molecule has 1 heterocycles. The van der Waals surface area contributed by atoms with Crippen molar-refractivity contribution in [3.63, 3.8) is 0 Å². The zero-order chi connectivity index (χ0) is 19.9. The first-order valence-corrected chi connectivity index (χ1v) is 9.29. The molecule has 7 heteroatoms. The van der Waals surface area contributed by atoms with Crippen LogP contribution in [-0.4, -0.2) is 44.2 Å². The first-order valence-electron chi connectivity index (χ1n) is 9.29. The van der Waals surface area contributed by atoms with Crippen LogP contribution in [0.2, 0.25) is 0 Å². The fourth-order valence-corrected chi connectivity index (χ4v) is 2.99. The van der Waals surface area contributed by atoms with Crippen molar-refractivity contribution in [3.8, 4) is 0 Å². The van der Waals surface area contributed by atoms with E-state index < -0.39 is 17.8 Å². The van der Waals surface area contributed by atoms with E-state index in [9.17, 15) is 14.0 Å². The zero-order valence-electron chi connectivity index (χ0n) is 15.8. The lowest BCUT2D eigenvalue weighted by Gasteiger charge is -2.28. The number of benzene rings is 2. The Bertz CT molecular complexity index is 820. The fourth-order valence-electron chi connectivity index (χ4n) is 2.99. The Labute approximate surface area is 163 Å². The molecule has 2 N–H and O–H groups in total. The standard InChI is InChI=1S/C21H24FN3O3/c1-15(21(27)24-19-5-3-2-4-18(19)22)23-20(26)14-16-6-8-17(9-7-16)25-10-12-28-13-11-25/h2-9,15H,10-14H2,1H3,(H,23,26)(H,24,27). The van der Waals surface area contributed by atoms with E-state index in [0.29, 0.717) is 0 Å².